The van der Waals surface area contributed by atoms with Gasteiger partial charge in [0, 0.05) is 6.54 Å². The summed E-state index contributed by atoms with van der Waals surface area (Å²) in [5.41, 5.74) is -0.546. The van der Waals surface area contributed by atoms with Gasteiger partial charge in [-0.2, -0.15) is 0 Å². The average Bonchev–Trinajstić information content (AvgIpc) is 2.27. The Kier molecular flexibility index (Phi) is 4.52. The number of hydrogen-bond acceptors (Lipinski definition) is 3. The predicted molar refractivity (Wildman–Crippen MR) is 61.7 cm³/mol. The second kappa shape index (κ2) is 5.67. The van der Waals surface area contributed by atoms with Gasteiger partial charge in [-0.15, -0.1) is 6.58 Å². The molecule has 7 heteroatoms. The van der Waals surface area contributed by atoms with Crippen LogP contribution in [-0.4, -0.2) is 22.0 Å². The highest BCUT2D eigenvalue weighted by Crippen LogP contribution is 2.12. The lowest BCUT2D eigenvalue weighted by atomic mass is 10.5. The lowest BCUT2D eigenvalue weighted by Crippen LogP contribution is -2.32. The molecule has 0 aliphatic rings. The molecule has 1 aromatic rings. The molecule has 0 atom stereocenters. The number of hydrogen-bond donors (Lipinski definition) is 1. The minimum atomic E-state index is -0.546. The van der Waals surface area contributed by atoms with Crippen LogP contribution in [0.2, 0.25) is 10.2 Å². The van der Waals surface area contributed by atoms with E-state index in [1.165, 1.54) is 12.4 Å². The quantitative estimate of drug-likeness (QED) is 0.646. The monoisotopic (exact) mass is 261 g/mol. The highest BCUT2D eigenvalue weighted by molar-refractivity contribution is 6.40. The van der Waals surface area contributed by atoms with Crippen molar-refractivity contribution in [1.82, 2.24) is 14.9 Å². The SMILES string of the molecule is C=CCNC(=O)Cn1cnc(Cl)c(Cl)c1=O. The summed E-state index contributed by atoms with van der Waals surface area (Å²) in [7, 11) is 0. The van der Waals surface area contributed by atoms with Gasteiger partial charge in [-0.1, -0.05) is 29.3 Å². The topological polar surface area (TPSA) is 64.0 Å². The highest BCUT2D eigenvalue weighted by Gasteiger charge is 2.09. The smallest absolute Gasteiger partial charge is 0.274 e. The number of rotatable bonds is 4. The van der Waals surface area contributed by atoms with Crippen LogP contribution in [0.5, 0.6) is 0 Å². The fourth-order valence-electron chi connectivity index (χ4n) is 0.953. The molecule has 1 rings (SSSR count). The van der Waals surface area contributed by atoms with Crippen LogP contribution in [0.1, 0.15) is 0 Å². The molecule has 0 saturated carbocycles. The second-order valence-corrected chi connectivity index (χ2v) is 3.61. The van der Waals surface area contributed by atoms with Gasteiger partial charge >= 0.3 is 0 Å². The molecule has 0 saturated heterocycles. The largest absolute Gasteiger partial charge is 0.351 e. The van der Waals surface area contributed by atoms with Crippen LogP contribution in [0, 0.1) is 0 Å². The Balaban J connectivity index is 2.82. The summed E-state index contributed by atoms with van der Waals surface area (Å²) in [6, 6.07) is 0. The molecule has 0 spiro atoms. The molecular formula is C9H9Cl2N3O2. The number of nitrogens with one attached hydrogen (secondary N) is 1. The van der Waals surface area contributed by atoms with E-state index in [1.807, 2.05) is 0 Å². The van der Waals surface area contributed by atoms with E-state index < -0.39 is 5.56 Å². The number of aromatic nitrogens is 2. The first-order valence-corrected chi connectivity index (χ1v) is 5.10. The molecule has 16 heavy (non-hydrogen) atoms. The zero-order valence-electron chi connectivity index (χ0n) is 8.24. The first-order valence-electron chi connectivity index (χ1n) is 4.34. The van der Waals surface area contributed by atoms with Gasteiger partial charge < -0.3 is 5.32 Å². The Bertz CT molecular complexity index is 470. The Morgan fingerprint density at radius 1 is 1.62 bits per heavy atom. The highest BCUT2D eigenvalue weighted by atomic mass is 35.5. The molecule has 0 aliphatic carbocycles. The molecule has 0 aliphatic heterocycles. The van der Waals surface area contributed by atoms with Gasteiger partial charge in [0.2, 0.25) is 5.91 Å². The standard InChI is InChI=1S/C9H9Cl2N3O2/c1-2-3-12-6(15)4-14-5-13-8(11)7(10)9(14)16/h2,5H,1,3-4H2,(H,12,15). The Morgan fingerprint density at radius 2 is 2.31 bits per heavy atom. The van der Waals surface area contributed by atoms with Gasteiger partial charge in [-0.3, -0.25) is 14.2 Å². The third-order valence-electron chi connectivity index (χ3n) is 1.70. The van der Waals surface area contributed by atoms with Crippen molar-refractivity contribution in [3.8, 4) is 0 Å². The van der Waals surface area contributed by atoms with E-state index >= 15 is 0 Å². The second-order valence-electron chi connectivity index (χ2n) is 2.88. The first kappa shape index (κ1) is 12.7. The van der Waals surface area contributed by atoms with Gasteiger partial charge in [0.05, 0.1) is 6.33 Å². The predicted octanol–water partition coefficient (Wildman–Crippen LogP) is 0.852. The maximum atomic E-state index is 11.5. The summed E-state index contributed by atoms with van der Waals surface area (Å²) in [5, 5.41) is 2.25. The fourth-order valence-corrected chi connectivity index (χ4v) is 1.23. The van der Waals surface area contributed by atoms with Gasteiger partial charge in [0.15, 0.2) is 5.15 Å². The molecule has 0 bridgehead atoms. The summed E-state index contributed by atoms with van der Waals surface area (Å²) in [4.78, 5) is 26.5. The molecular weight excluding hydrogens is 253 g/mol. The number of carbonyl (C=O) groups excluding carboxylic acids is 1. The summed E-state index contributed by atoms with van der Waals surface area (Å²) in [5.74, 6) is -0.331. The number of halogens is 2. The Morgan fingerprint density at radius 3 is 2.94 bits per heavy atom. The van der Waals surface area contributed by atoms with E-state index in [4.69, 9.17) is 23.2 Å². The molecule has 1 aromatic heterocycles. The number of carbonyl (C=O) groups is 1. The molecule has 0 unspecified atom stereocenters. The van der Waals surface area contributed by atoms with Crippen LogP contribution < -0.4 is 10.9 Å². The van der Waals surface area contributed by atoms with Crippen molar-refractivity contribution in [3.63, 3.8) is 0 Å². The van der Waals surface area contributed by atoms with Crippen molar-refractivity contribution < 1.29 is 4.79 Å². The summed E-state index contributed by atoms with van der Waals surface area (Å²) >= 11 is 11.1. The van der Waals surface area contributed by atoms with E-state index in [0.29, 0.717) is 6.54 Å². The summed E-state index contributed by atoms with van der Waals surface area (Å²) in [6.45, 7) is 3.63. The Hall–Kier alpha value is -1.33. The fraction of sp³-hybridized carbons (Fsp3) is 0.222. The first-order chi connectivity index (χ1) is 7.56. The molecule has 0 radical (unpaired) electrons. The Labute approximate surface area is 102 Å². The average molecular weight is 262 g/mol. The summed E-state index contributed by atoms with van der Waals surface area (Å²) in [6.07, 6.45) is 2.71. The van der Waals surface area contributed by atoms with E-state index in [9.17, 15) is 9.59 Å². The van der Waals surface area contributed by atoms with E-state index in [2.05, 4.69) is 16.9 Å². The lowest BCUT2D eigenvalue weighted by Gasteiger charge is -2.05. The third kappa shape index (κ3) is 3.08. The molecule has 1 amide bonds. The minimum absolute atomic E-state index is 0.0746. The molecule has 86 valence electrons. The number of nitrogens with zero attached hydrogens (tertiary/aromatic N) is 2. The molecule has 0 aromatic carbocycles. The summed E-state index contributed by atoms with van der Waals surface area (Å²) < 4.78 is 1.08. The third-order valence-corrected chi connectivity index (χ3v) is 2.42. The van der Waals surface area contributed by atoms with Crippen LogP contribution in [0.25, 0.3) is 0 Å². The van der Waals surface area contributed by atoms with Crippen molar-refractivity contribution in [2.45, 2.75) is 6.54 Å². The molecule has 5 nitrogen and oxygen atoms in total. The van der Waals surface area contributed by atoms with Gasteiger partial charge in [0.25, 0.3) is 5.56 Å². The number of amides is 1. The zero-order valence-corrected chi connectivity index (χ0v) is 9.75. The van der Waals surface area contributed by atoms with Crippen LogP contribution in [0.3, 0.4) is 0 Å². The van der Waals surface area contributed by atoms with Gasteiger partial charge in [-0.25, -0.2) is 4.98 Å². The van der Waals surface area contributed by atoms with Crippen molar-refractivity contribution in [1.29, 1.82) is 0 Å². The van der Waals surface area contributed by atoms with Crippen molar-refractivity contribution in [3.05, 3.63) is 39.5 Å². The minimum Gasteiger partial charge on any atom is -0.351 e. The maximum absolute atomic E-state index is 11.5. The maximum Gasteiger partial charge on any atom is 0.274 e. The normalized spacial score (nSPS) is 9.88. The van der Waals surface area contributed by atoms with Crippen molar-refractivity contribution in [2.75, 3.05) is 6.54 Å². The van der Waals surface area contributed by atoms with Gasteiger partial charge in [-0.05, 0) is 0 Å². The molecule has 1 heterocycles. The van der Waals surface area contributed by atoms with E-state index in [-0.39, 0.29) is 22.6 Å². The van der Waals surface area contributed by atoms with Crippen molar-refractivity contribution in [2.24, 2.45) is 0 Å². The van der Waals surface area contributed by atoms with Crippen LogP contribution in [0.15, 0.2) is 23.8 Å². The molecule has 0 fully saturated rings. The van der Waals surface area contributed by atoms with Gasteiger partial charge in [0.1, 0.15) is 11.6 Å². The molecule has 1 N–H and O–H groups in total. The van der Waals surface area contributed by atoms with E-state index in [0.717, 1.165) is 4.57 Å². The van der Waals surface area contributed by atoms with E-state index in [1.54, 1.807) is 0 Å². The zero-order chi connectivity index (χ0) is 12.1. The van der Waals surface area contributed by atoms with Crippen LogP contribution in [0.4, 0.5) is 0 Å². The van der Waals surface area contributed by atoms with Crippen LogP contribution >= 0.6 is 23.2 Å². The van der Waals surface area contributed by atoms with Crippen molar-refractivity contribution >= 4 is 29.1 Å². The van der Waals surface area contributed by atoms with Crippen LogP contribution in [-0.2, 0) is 11.3 Å². The lowest BCUT2D eigenvalue weighted by molar-refractivity contribution is -0.121.